The van der Waals surface area contributed by atoms with Crippen LogP contribution in [0.25, 0.3) is 0 Å². The van der Waals surface area contributed by atoms with E-state index in [0.717, 1.165) is 36.3 Å². The van der Waals surface area contributed by atoms with E-state index in [2.05, 4.69) is 16.9 Å². The van der Waals surface area contributed by atoms with Crippen LogP contribution in [0.1, 0.15) is 24.8 Å². The van der Waals surface area contributed by atoms with Gasteiger partial charge in [0.05, 0.1) is 0 Å². The average molecular weight is 338 g/mol. The zero-order valence-corrected chi connectivity index (χ0v) is 14.0. The number of benzene rings is 2. The molecule has 0 aromatic heterocycles. The Balaban J connectivity index is 1.39. The van der Waals surface area contributed by atoms with E-state index in [1.54, 1.807) is 12.1 Å². The molecule has 5 heteroatoms. The summed E-state index contributed by atoms with van der Waals surface area (Å²) >= 11 is 0. The Kier molecular flexibility index (Phi) is 5.93. The van der Waals surface area contributed by atoms with E-state index in [9.17, 15) is 4.79 Å². The fourth-order valence-electron chi connectivity index (χ4n) is 2.49. The van der Waals surface area contributed by atoms with Crippen LogP contribution in [0.5, 0.6) is 11.5 Å². The van der Waals surface area contributed by atoms with Gasteiger partial charge >= 0.3 is 0 Å². The van der Waals surface area contributed by atoms with Crippen LogP contribution in [0.3, 0.4) is 0 Å². The Labute approximate surface area is 147 Å². The topological polar surface area (TPSA) is 59.6 Å². The molecule has 0 unspecified atom stereocenters. The Morgan fingerprint density at radius 3 is 2.36 bits per heavy atom. The second-order valence-electron chi connectivity index (χ2n) is 5.83. The molecule has 0 aliphatic heterocycles. The van der Waals surface area contributed by atoms with Crippen molar-refractivity contribution >= 4 is 5.91 Å². The van der Waals surface area contributed by atoms with E-state index in [-0.39, 0.29) is 12.5 Å². The van der Waals surface area contributed by atoms with Gasteiger partial charge in [0.25, 0.3) is 5.91 Å². The average Bonchev–Trinajstić information content (AvgIpc) is 3.18. The minimum absolute atomic E-state index is 0.0372. The third-order valence-electron chi connectivity index (χ3n) is 3.85. The van der Waals surface area contributed by atoms with Crippen LogP contribution in [0.4, 0.5) is 0 Å². The highest BCUT2D eigenvalue weighted by atomic mass is 16.5. The quantitative estimate of drug-likeness (QED) is 0.725. The second-order valence-corrected chi connectivity index (χ2v) is 5.83. The molecule has 130 valence electrons. The summed E-state index contributed by atoms with van der Waals surface area (Å²) in [5.74, 6) is 1.18. The number of ether oxygens (including phenoxy) is 2. The van der Waals surface area contributed by atoms with Gasteiger partial charge in [0.2, 0.25) is 0 Å². The van der Waals surface area contributed by atoms with Gasteiger partial charge in [0.1, 0.15) is 18.1 Å². The molecule has 1 aliphatic carbocycles. The van der Waals surface area contributed by atoms with E-state index in [0.29, 0.717) is 12.4 Å². The molecule has 2 aromatic rings. The summed E-state index contributed by atoms with van der Waals surface area (Å²) in [5.41, 5.74) is 7.74. The molecule has 3 rings (SSSR count). The second kappa shape index (κ2) is 8.78. The van der Waals surface area contributed by atoms with Gasteiger partial charge in [-0.15, -0.1) is 0 Å². The van der Waals surface area contributed by atoms with Gasteiger partial charge in [-0.3, -0.25) is 10.2 Å². The van der Waals surface area contributed by atoms with Crippen LogP contribution < -0.4 is 20.3 Å². The van der Waals surface area contributed by atoms with Crippen molar-refractivity contribution in [3.05, 3.63) is 71.9 Å². The van der Waals surface area contributed by atoms with Crippen molar-refractivity contribution in [1.29, 1.82) is 0 Å². The maximum Gasteiger partial charge on any atom is 0.276 e. The number of amides is 1. The Morgan fingerprint density at radius 2 is 1.68 bits per heavy atom. The van der Waals surface area contributed by atoms with Crippen molar-refractivity contribution in [2.75, 3.05) is 6.61 Å². The number of carbonyl (C=O) groups is 1. The van der Waals surface area contributed by atoms with Gasteiger partial charge in [0.15, 0.2) is 6.61 Å². The number of allylic oxidation sites excluding steroid dienone is 2. The van der Waals surface area contributed by atoms with E-state index in [1.807, 2.05) is 42.5 Å². The molecule has 0 heterocycles. The standard InChI is InChI=1S/C20H22N2O3/c23-20(22-21-17-8-4-5-9-17)15-25-19-12-10-18(11-13-19)24-14-16-6-2-1-3-7-16/h1-3,6-8,10-13,21H,4-5,9,14-15H2,(H,22,23). The maximum atomic E-state index is 11.7. The first-order valence-electron chi connectivity index (χ1n) is 8.43. The molecule has 0 fully saturated rings. The highest BCUT2D eigenvalue weighted by Gasteiger charge is 2.06. The van der Waals surface area contributed by atoms with Gasteiger partial charge in [-0.05, 0) is 49.1 Å². The first-order valence-corrected chi connectivity index (χ1v) is 8.43. The molecular formula is C20H22N2O3. The lowest BCUT2D eigenvalue weighted by Crippen LogP contribution is -2.39. The van der Waals surface area contributed by atoms with E-state index in [1.165, 1.54) is 0 Å². The Bertz CT molecular complexity index is 711. The summed E-state index contributed by atoms with van der Waals surface area (Å²) in [5, 5.41) is 0. The molecular weight excluding hydrogens is 316 g/mol. The van der Waals surface area contributed by atoms with E-state index in [4.69, 9.17) is 9.47 Å². The summed E-state index contributed by atoms with van der Waals surface area (Å²) in [4.78, 5) is 11.7. The largest absolute Gasteiger partial charge is 0.489 e. The van der Waals surface area contributed by atoms with Crippen molar-refractivity contribution in [2.45, 2.75) is 25.9 Å². The lowest BCUT2D eigenvalue weighted by molar-refractivity contribution is -0.123. The summed E-state index contributed by atoms with van der Waals surface area (Å²) in [6.07, 6.45) is 5.27. The molecule has 0 saturated carbocycles. The van der Waals surface area contributed by atoms with Crippen LogP contribution in [0.15, 0.2) is 66.4 Å². The van der Waals surface area contributed by atoms with Gasteiger partial charge in [0, 0.05) is 5.70 Å². The molecule has 0 saturated heterocycles. The first-order chi connectivity index (χ1) is 12.3. The Morgan fingerprint density at radius 1 is 0.960 bits per heavy atom. The van der Waals surface area contributed by atoms with Crippen molar-refractivity contribution in [1.82, 2.24) is 10.9 Å². The minimum Gasteiger partial charge on any atom is -0.489 e. The first kappa shape index (κ1) is 16.9. The zero-order valence-electron chi connectivity index (χ0n) is 14.0. The molecule has 0 radical (unpaired) electrons. The van der Waals surface area contributed by atoms with Crippen LogP contribution >= 0.6 is 0 Å². The van der Waals surface area contributed by atoms with Gasteiger partial charge in [-0.2, -0.15) is 0 Å². The molecule has 0 atom stereocenters. The normalized spacial score (nSPS) is 13.0. The van der Waals surface area contributed by atoms with Crippen molar-refractivity contribution < 1.29 is 14.3 Å². The number of hydrogen-bond acceptors (Lipinski definition) is 4. The van der Waals surface area contributed by atoms with Crippen molar-refractivity contribution in [3.63, 3.8) is 0 Å². The minimum atomic E-state index is -0.211. The van der Waals surface area contributed by atoms with Crippen molar-refractivity contribution in [3.8, 4) is 11.5 Å². The number of hydrazine groups is 1. The fourth-order valence-corrected chi connectivity index (χ4v) is 2.49. The SMILES string of the molecule is O=C(COc1ccc(OCc2ccccc2)cc1)NNC1=CCCC1. The molecule has 0 bridgehead atoms. The molecule has 2 N–H and O–H groups in total. The number of hydrogen-bond donors (Lipinski definition) is 2. The highest BCUT2D eigenvalue weighted by Crippen LogP contribution is 2.18. The lowest BCUT2D eigenvalue weighted by Gasteiger charge is -2.11. The van der Waals surface area contributed by atoms with E-state index >= 15 is 0 Å². The summed E-state index contributed by atoms with van der Waals surface area (Å²) < 4.78 is 11.2. The van der Waals surface area contributed by atoms with Crippen LogP contribution in [-0.2, 0) is 11.4 Å². The smallest absolute Gasteiger partial charge is 0.276 e. The predicted molar refractivity (Wildman–Crippen MR) is 95.9 cm³/mol. The van der Waals surface area contributed by atoms with Crippen molar-refractivity contribution in [2.24, 2.45) is 0 Å². The van der Waals surface area contributed by atoms with Gasteiger partial charge in [-0.1, -0.05) is 36.4 Å². The summed E-state index contributed by atoms with van der Waals surface area (Å²) in [7, 11) is 0. The van der Waals surface area contributed by atoms with Crippen LogP contribution in [0, 0.1) is 0 Å². The number of nitrogens with one attached hydrogen (secondary N) is 2. The molecule has 2 aromatic carbocycles. The molecule has 5 nitrogen and oxygen atoms in total. The predicted octanol–water partition coefficient (Wildman–Crippen LogP) is 3.33. The fraction of sp³-hybridized carbons (Fsp3) is 0.250. The maximum absolute atomic E-state index is 11.7. The Hall–Kier alpha value is -2.95. The highest BCUT2D eigenvalue weighted by molar-refractivity contribution is 5.77. The van der Waals surface area contributed by atoms with Gasteiger partial charge in [-0.25, -0.2) is 0 Å². The molecule has 0 spiro atoms. The van der Waals surface area contributed by atoms with E-state index < -0.39 is 0 Å². The van der Waals surface area contributed by atoms with Crippen LogP contribution in [-0.4, -0.2) is 12.5 Å². The monoisotopic (exact) mass is 338 g/mol. The number of carbonyl (C=O) groups excluding carboxylic acids is 1. The third-order valence-corrected chi connectivity index (χ3v) is 3.85. The third kappa shape index (κ3) is 5.57. The van der Waals surface area contributed by atoms with Gasteiger partial charge < -0.3 is 14.9 Å². The zero-order chi connectivity index (χ0) is 17.3. The summed E-state index contributed by atoms with van der Waals surface area (Å²) in [6, 6.07) is 17.2. The summed E-state index contributed by atoms with van der Waals surface area (Å²) in [6.45, 7) is 0.482. The molecule has 25 heavy (non-hydrogen) atoms. The lowest BCUT2D eigenvalue weighted by atomic mass is 10.2. The molecule has 1 aliphatic rings. The number of rotatable bonds is 8. The van der Waals surface area contributed by atoms with Crippen LogP contribution in [0.2, 0.25) is 0 Å². The molecule has 1 amide bonds.